The minimum atomic E-state index is -1.64. The molecule has 1 unspecified atom stereocenters. The zero-order valence-corrected chi connectivity index (χ0v) is 17.7. The van der Waals surface area contributed by atoms with Gasteiger partial charge in [-0.25, -0.2) is 0 Å². The van der Waals surface area contributed by atoms with Crippen molar-refractivity contribution in [3.63, 3.8) is 0 Å². The highest BCUT2D eigenvalue weighted by atomic mass is 32.1. The lowest BCUT2D eigenvalue weighted by molar-refractivity contribution is 0.506. The molecule has 2 aromatic carbocycles. The summed E-state index contributed by atoms with van der Waals surface area (Å²) >= 11 is 2.06. The molecule has 5 rings (SSSR count). The minimum absolute atomic E-state index is 0.185. The molecule has 0 bridgehead atoms. The van der Waals surface area contributed by atoms with Crippen LogP contribution in [0.1, 0.15) is 49.6 Å². The second-order valence-electron chi connectivity index (χ2n) is 9.10. The Morgan fingerprint density at radius 3 is 2.42 bits per heavy atom. The second-order valence-corrected chi connectivity index (χ2v) is 14.3. The normalized spacial score (nSPS) is 21.1. The van der Waals surface area contributed by atoms with Gasteiger partial charge in [0.2, 0.25) is 0 Å². The first-order valence-corrected chi connectivity index (χ1v) is 13.2. The lowest BCUT2D eigenvalue weighted by atomic mass is 10.0. The summed E-state index contributed by atoms with van der Waals surface area (Å²) in [6, 6.07) is 21.1. The number of hydrogen-bond acceptors (Lipinski definition) is 2. The number of benzene rings is 2. The van der Waals surface area contributed by atoms with Crippen molar-refractivity contribution in [2.75, 3.05) is 0 Å². The molecule has 1 atom stereocenters. The summed E-state index contributed by atoms with van der Waals surface area (Å²) in [5.41, 5.74) is 5.45. The van der Waals surface area contributed by atoms with Crippen LogP contribution in [0.25, 0.3) is 21.2 Å². The molecule has 1 aliphatic heterocycles. The lowest BCUT2D eigenvalue weighted by Crippen LogP contribution is -2.60. The van der Waals surface area contributed by atoms with E-state index in [1.807, 2.05) is 0 Å². The predicted octanol–water partition coefficient (Wildman–Crippen LogP) is 6.68. The van der Waals surface area contributed by atoms with E-state index in [0.29, 0.717) is 5.54 Å². The van der Waals surface area contributed by atoms with E-state index >= 15 is 0 Å². The highest BCUT2D eigenvalue weighted by Gasteiger charge is 2.51. The third kappa shape index (κ3) is 2.44. The zero-order chi connectivity index (χ0) is 17.9. The van der Waals surface area contributed by atoms with Crippen LogP contribution >= 0.6 is 11.3 Å². The SMILES string of the molecule is CC(C)(C)N[Si]1(C2c3ccccc3-c3c2sc2ccccc32)CCCC1. The summed E-state index contributed by atoms with van der Waals surface area (Å²) in [6.45, 7) is 7.06. The maximum Gasteiger partial charge on any atom is 0.138 e. The quantitative estimate of drug-likeness (QED) is 0.491. The average molecular weight is 378 g/mol. The Morgan fingerprint density at radius 1 is 0.962 bits per heavy atom. The Bertz CT molecular complexity index is 975. The molecular formula is C23H27NSSi. The lowest BCUT2D eigenvalue weighted by Gasteiger charge is -2.40. The molecule has 1 nitrogen and oxygen atoms in total. The third-order valence-corrected chi connectivity index (χ3v) is 13.0. The molecule has 2 heterocycles. The number of hydrogen-bond donors (Lipinski definition) is 1. The van der Waals surface area contributed by atoms with Crippen molar-refractivity contribution in [3.05, 3.63) is 59.0 Å². The van der Waals surface area contributed by atoms with Gasteiger partial charge in [-0.05, 0) is 50.1 Å². The van der Waals surface area contributed by atoms with Crippen molar-refractivity contribution < 1.29 is 0 Å². The predicted molar refractivity (Wildman–Crippen MR) is 117 cm³/mol. The molecule has 134 valence electrons. The fourth-order valence-electron chi connectivity index (χ4n) is 5.45. The van der Waals surface area contributed by atoms with Crippen LogP contribution in [-0.2, 0) is 0 Å². The van der Waals surface area contributed by atoms with Gasteiger partial charge >= 0.3 is 0 Å². The third-order valence-electron chi connectivity index (χ3n) is 6.10. The summed E-state index contributed by atoms with van der Waals surface area (Å²) in [5.74, 6) is 0. The zero-order valence-electron chi connectivity index (χ0n) is 15.9. The van der Waals surface area contributed by atoms with Crippen LogP contribution < -0.4 is 4.98 Å². The molecule has 3 heteroatoms. The van der Waals surface area contributed by atoms with Gasteiger partial charge in [0.05, 0.1) is 0 Å². The molecule has 0 saturated carbocycles. The van der Waals surface area contributed by atoms with E-state index in [1.54, 1.807) is 16.0 Å². The van der Waals surface area contributed by atoms with Gasteiger partial charge in [-0.15, -0.1) is 11.3 Å². The summed E-state index contributed by atoms with van der Waals surface area (Å²) in [7, 11) is -1.64. The van der Waals surface area contributed by atoms with Gasteiger partial charge < -0.3 is 4.98 Å². The van der Waals surface area contributed by atoms with Crippen LogP contribution in [0.2, 0.25) is 12.1 Å². The van der Waals surface area contributed by atoms with Crippen LogP contribution in [0.3, 0.4) is 0 Å². The summed E-state index contributed by atoms with van der Waals surface area (Å²) < 4.78 is 1.45. The van der Waals surface area contributed by atoms with Crippen LogP contribution in [0.15, 0.2) is 48.5 Å². The van der Waals surface area contributed by atoms with E-state index in [-0.39, 0.29) is 5.54 Å². The van der Waals surface area contributed by atoms with Crippen molar-refractivity contribution in [2.45, 2.75) is 56.8 Å². The van der Waals surface area contributed by atoms with Gasteiger partial charge in [0.15, 0.2) is 0 Å². The molecule has 1 aliphatic carbocycles. The number of thiophene rings is 1. The van der Waals surface area contributed by atoms with E-state index in [2.05, 4.69) is 85.6 Å². The first-order chi connectivity index (χ1) is 12.5. The maximum atomic E-state index is 4.25. The Hall–Kier alpha value is -1.42. The first-order valence-electron chi connectivity index (χ1n) is 9.89. The van der Waals surface area contributed by atoms with E-state index in [4.69, 9.17) is 0 Å². The van der Waals surface area contributed by atoms with Crippen molar-refractivity contribution in [1.29, 1.82) is 0 Å². The summed E-state index contributed by atoms with van der Waals surface area (Å²) in [5, 5.41) is 1.46. The van der Waals surface area contributed by atoms with Gasteiger partial charge in [-0.1, -0.05) is 55.3 Å². The van der Waals surface area contributed by atoms with E-state index in [1.165, 1.54) is 40.6 Å². The maximum absolute atomic E-state index is 4.25. The van der Waals surface area contributed by atoms with E-state index < -0.39 is 8.24 Å². The smallest absolute Gasteiger partial charge is 0.138 e. The molecule has 1 aromatic heterocycles. The van der Waals surface area contributed by atoms with Crippen molar-refractivity contribution in [1.82, 2.24) is 4.98 Å². The van der Waals surface area contributed by atoms with E-state index in [9.17, 15) is 0 Å². The Morgan fingerprint density at radius 2 is 1.65 bits per heavy atom. The molecule has 1 N–H and O–H groups in total. The molecule has 26 heavy (non-hydrogen) atoms. The molecule has 0 spiro atoms. The second kappa shape index (κ2) is 5.79. The van der Waals surface area contributed by atoms with Crippen molar-refractivity contribution in [2.24, 2.45) is 0 Å². The standard InChI is InChI=1S/C23H27NSSi/c1-23(2,3)24-26(14-8-9-15-26)22-17-11-5-4-10-16(17)20-18-12-6-7-13-19(18)25-21(20)22/h4-7,10-13,22,24H,8-9,14-15H2,1-3H3. The number of fused-ring (bicyclic) bond motifs is 5. The Balaban J connectivity index is 1.77. The summed E-state index contributed by atoms with van der Waals surface area (Å²) in [4.78, 5) is 5.90. The molecular weight excluding hydrogens is 350 g/mol. The highest BCUT2D eigenvalue weighted by Crippen LogP contribution is 2.57. The minimum Gasteiger partial charge on any atom is -0.332 e. The van der Waals surface area contributed by atoms with Gasteiger partial charge in [-0.3, -0.25) is 0 Å². The molecule has 0 amide bonds. The molecule has 3 aromatic rings. The topological polar surface area (TPSA) is 12.0 Å². The van der Waals surface area contributed by atoms with E-state index in [0.717, 1.165) is 0 Å². The molecule has 1 saturated heterocycles. The Labute approximate surface area is 161 Å². The van der Waals surface area contributed by atoms with Gasteiger partial charge in [-0.2, -0.15) is 0 Å². The van der Waals surface area contributed by atoms with Gasteiger partial charge in [0, 0.05) is 31.6 Å². The summed E-state index contributed by atoms with van der Waals surface area (Å²) in [6.07, 6.45) is 2.79. The van der Waals surface area contributed by atoms with Crippen LogP contribution in [-0.4, -0.2) is 13.8 Å². The van der Waals surface area contributed by atoms with Crippen LogP contribution in [0, 0.1) is 0 Å². The first kappa shape index (κ1) is 16.7. The van der Waals surface area contributed by atoms with Crippen molar-refractivity contribution >= 4 is 29.7 Å². The van der Waals surface area contributed by atoms with Crippen LogP contribution in [0.5, 0.6) is 0 Å². The molecule has 0 radical (unpaired) electrons. The highest BCUT2D eigenvalue weighted by molar-refractivity contribution is 7.20. The monoisotopic (exact) mass is 377 g/mol. The largest absolute Gasteiger partial charge is 0.332 e. The number of rotatable bonds is 2. The fraction of sp³-hybridized carbons (Fsp3) is 0.391. The Kier molecular flexibility index (Phi) is 3.72. The average Bonchev–Trinajstić information content (AvgIpc) is 3.26. The fourth-order valence-corrected chi connectivity index (χ4v) is 13.5. The van der Waals surface area contributed by atoms with Crippen LogP contribution in [0.4, 0.5) is 0 Å². The van der Waals surface area contributed by atoms with Gasteiger partial charge in [0.25, 0.3) is 0 Å². The molecule has 2 aliphatic rings. The van der Waals surface area contributed by atoms with Gasteiger partial charge in [0.1, 0.15) is 8.24 Å². The number of nitrogens with one attached hydrogen (secondary N) is 1. The van der Waals surface area contributed by atoms with Crippen molar-refractivity contribution in [3.8, 4) is 11.1 Å². The molecule has 1 fully saturated rings.